The quantitative estimate of drug-likeness (QED) is 0.410. The minimum Gasteiger partial charge on any atom is -0.345 e. The first-order valence-corrected chi connectivity index (χ1v) is 10.6. The molecule has 3 heterocycles. The third kappa shape index (κ3) is 4.31. The summed E-state index contributed by atoms with van der Waals surface area (Å²) in [4.78, 5) is 30.0. The molecule has 0 saturated heterocycles. The summed E-state index contributed by atoms with van der Waals surface area (Å²) in [6.07, 6.45) is 1.66. The van der Waals surface area contributed by atoms with Crippen LogP contribution in [0.15, 0.2) is 83.8 Å². The van der Waals surface area contributed by atoms with E-state index in [0.29, 0.717) is 33.4 Å². The van der Waals surface area contributed by atoms with Crippen molar-refractivity contribution >= 4 is 16.7 Å². The van der Waals surface area contributed by atoms with Gasteiger partial charge in [0, 0.05) is 17.1 Å². The highest BCUT2D eigenvalue weighted by Crippen LogP contribution is 2.18. The molecule has 0 fully saturated rings. The smallest absolute Gasteiger partial charge is 0.275 e. The van der Waals surface area contributed by atoms with E-state index in [4.69, 9.17) is 0 Å². The fourth-order valence-corrected chi connectivity index (χ4v) is 3.65. The molecule has 0 aliphatic rings. The van der Waals surface area contributed by atoms with E-state index in [0.717, 1.165) is 0 Å². The van der Waals surface area contributed by atoms with Gasteiger partial charge in [-0.15, -0.1) is 0 Å². The number of halogens is 1. The lowest BCUT2D eigenvalue weighted by atomic mass is 10.1. The van der Waals surface area contributed by atoms with E-state index in [2.05, 4.69) is 25.6 Å². The second-order valence-electron chi connectivity index (χ2n) is 7.63. The van der Waals surface area contributed by atoms with Gasteiger partial charge in [-0.25, -0.2) is 9.07 Å². The number of nitrogens with zero attached hydrogens (tertiary/aromatic N) is 4. The monoisotopic (exact) mass is 454 g/mol. The van der Waals surface area contributed by atoms with E-state index in [-0.39, 0.29) is 36.1 Å². The lowest BCUT2D eigenvalue weighted by Crippen LogP contribution is -2.29. The van der Waals surface area contributed by atoms with Gasteiger partial charge < -0.3 is 5.32 Å². The zero-order chi connectivity index (χ0) is 23.5. The number of carbonyl (C=O) groups excluding carboxylic acids is 1. The van der Waals surface area contributed by atoms with Crippen LogP contribution in [-0.4, -0.2) is 30.9 Å². The average Bonchev–Trinajstić information content (AvgIpc) is 3.36. The van der Waals surface area contributed by atoms with Gasteiger partial charge >= 0.3 is 0 Å². The number of amides is 1. The predicted molar refractivity (Wildman–Crippen MR) is 124 cm³/mol. The molecule has 5 rings (SSSR count). The van der Waals surface area contributed by atoms with Gasteiger partial charge in [-0.3, -0.25) is 19.7 Å². The van der Waals surface area contributed by atoms with Crippen LogP contribution in [0.25, 0.3) is 22.0 Å². The number of aromatic amines is 1. The minimum atomic E-state index is -0.380. The number of pyridine rings is 1. The zero-order valence-corrected chi connectivity index (χ0v) is 17.9. The van der Waals surface area contributed by atoms with E-state index >= 15 is 0 Å². The summed E-state index contributed by atoms with van der Waals surface area (Å²) in [5.74, 6) is -0.726. The number of rotatable bonds is 6. The number of carbonyl (C=O) groups is 1. The zero-order valence-electron chi connectivity index (χ0n) is 17.9. The molecule has 0 spiro atoms. The first-order valence-electron chi connectivity index (χ1n) is 10.6. The SMILES string of the molecule is O=C(NCc1nn(Cc2ccccn2)c(=O)c2ccccc12)c1cc(-c2ccc(F)cc2)n[nH]1. The summed E-state index contributed by atoms with van der Waals surface area (Å²) >= 11 is 0. The Hall–Kier alpha value is -4.66. The molecule has 8 nitrogen and oxygen atoms in total. The lowest BCUT2D eigenvalue weighted by molar-refractivity contribution is 0.0945. The van der Waals surface area contributed by atoms with Gasteiger partial charge in [-0.2, -0.15) is 10.2 Å². The van der Waals surface area contributed by atoms with Crippen LogP contribution in [0.5, 0.6) is 0 Å². The molecule has 168 valence electrons. The molecule has 0 unspecified atom stereocenters. The normalized spacial score (nSPS) is 11.0. The molecule has 5 aromatic rings. The Labute approximate surface area is 193 Å². The van der Waals surface area contributed by atoms with Crippen LogP contribution in [0.2, 0.25) is 0 Å². The first kappa shape index (κ1) is 21.2. The van der Waals surface area contributed by atoms with Gasteiger partial charge in [-0.05, 0) is 48.5 Å². The second kappa shape index (κ2) is 9.07. The topological polar surface area (TPSA) is 106 Å². The minimum absolute atomic E-state index is 0.104. The molecule has 0 atom stereocenters. The maximum atomic E-state index is 13.2. The number of nitrogens with one attached hydrogen (secondary N) is 2. The molecule has 0 bridgehead atoms. The van der Waals surface area contributed by atoms with Gasteiger partial charge in [-0.1, -0.05) is 24.3 Å². The van der Waals surface area contributed by atoms with Crippen LogP contribution >= 0.6 is 0 Å². The van der Waals surface area contributed by atoms with E-state index in [1.807, 2.05) is 18.2 Å². The molecule has 1 amide bonds. The van der Waals surface area contributed by atoms with E-state index in [1.165, 1.54) is 16.8 Å². The van der Waals surface area contributed by atoms with Gasteiger partial charge in [0.25, 0.3) is 11.5 Å². The van der Waals surface area contributed by atoms with Crippen molar-refractivity contribution in [3.05, 3.63) is 112 Å². The maximum absolute atomic E-state index is 13.2. The number of fused-ring (bicyclic) bond motifs is 1. The van der Waals surface area contributed by atoms with Crippen LogP contribution in [0, 0.1) is 5.82 Å². The van der Waals surface area contributed by atoms with Crippen molar-refractivity contribution in [3.8, 4) is 11.3 Å². The Kier molecular flexibility index (Phi) is 5.65. The molecule has 2 N–H and O–H groups in total. The molecule has 2 aromatic carbocycles. The highest BCUT2D eigenvalue weighted by atomic mass is 19.1. The largest absolute Gasteiger partial charge is 0.345 e. The van der Waals surface area contributed by atoms with Crippen molar-refractivity contribution < 1.29 is 9.18 Å². The summed E-state index contributed by atoms with van der Waals surface area (Å²) < 4.78 is 14.5. The van der Waals surface area contributed by atoms with Crippen molar-refractivity contribution in [2.75, 3.05) is 0 Å². The third-order valence-electron chi connectivity index (χ3n) is 5.36. The van der Waals surface area contributed by atoms with Gasteiger partial charge in [0.15, 0.2) is 0 Å². The molecule has 0 aliphatic heterocycles. The Morgan fingerprint density at radius 2 is 1.76 bits per heavy atom. The van der Waals surface area contributed by atoms with E-state index < -0.39 is 0 Å². The Morgan fingerprint density at radius 1 is 1.00 bits per heavy atom. The van der Waals surface area contributed by atoms with Crippen molar-refractivity contribution in [1.29, 1.82) is 0 Å². The summed E-state index contributed by atoms with van der Waals surface area (Å²) in [6, 6.07) is 20.1. The van der Waals surface area contributed by atoms with Crippen LogP contribution in [0.4, 0.5) is 4.39 Å². The fourth-order valence-electron chi connectivity index (χ4n) is 3.65. The Balaban J connectivity index is 1.39. The van der Waals surface area contributed by atoms with Crippen molar-refractivity contribution in [2.45, 2.75) is 13.1 Å². The number of hydrogen-bond donors (Lipinski definition) is 2. The molecule has 0 aliphatic carbocycles. The third-order valence-corrected chi connectivity index (χ3v) is 5.36. The molecule has 0 saturated carbocycles. The number of H-pyrrole nitrogens is 1. The summed E-state index contributed by atoms with van der Waals surface area (Å²) in [5.41, 5.74) is 2.49. The van der Waals surface area contributed by atoms with Crippen molar-refractivity contribution in [1.82, 2.24) is 30.3 Å². The predicted octanol–water partition coefficient (Wildman–Crippen LogP) is 3.30. The number of benzene rings is 2. The molecular formula is C25H19FN6O2. The van der Waals surface area contributed by atoms with Crippen LogP contribution in [0.1, 0.15) is 21.9 Å². The molecule has 3 aromatic heterocycles. The molecule has 0 radical (unpaired) electrons. The van der Waals surface area contributed by atoms with Gasteiger partial charge in [0.2, 0.25) is 0 Å². The average molecular weight is 454 g/mol. The maximum Gasteiger partial charge on any atom is 0.275 e. The Bertz CT molecular complexity index is 1530. The van der Waals surface area contributed by atoms with Crippen LogP contribution in [-0.2, 0) is 13.1 Å². The van der Waals surface area contributed by atoms with Crippen LogP contribution in [0.3, 0.4) is 0 Å². The summed E-state index contributed by atoms with van der Waals surface area (Å²) in [6.45, 7) is 0.319. The fraction of sp³-hybridized carbons (Fsp3) is 0.0800. The van der Waals surface area contributed by atoms with Gasteiger partial charge in [0.05, 0.1) is 35.6 Å². The lowest BCUT2D eigenvalue weighted by Gasteiger charge is -2.11. The summed E-state index contributed by atoms with van der Waals surface area (Å²) in [5, 5.41) is 15.4. The van der Waals surface area contributed by atoms with Crippen molar-refractivity contribution in [2.24, 2.45) is 0 Å². The first-order chi connectivity index (χ1) is 16.6. The van der Waals surface area contributed by atoms with Crippen LogP contribution < -0.4 is 10.9 Å². The second-order valence-corrected chi connectivity index (χ2v) is 7.63. The standard InChI is InChI=1S/C25H19FN6O2/c26-17-10-8-16(9-11-17)21-13-22(30-29-21)24(33)28-14-23-19-6-1-2-7-20(19)25(34)32(31-23)15-18-5-3-4-12-27-18/h1-13H,14-15H2,(H,28,33)(H,29,30). The van der Waals surface area contributed by atoms with E-state index in [9.17, 15) is 14.0 Å². The summed E-state index contributed by atoms with van der Waals surface area (Å²) in [7, 11) is 0. The Morgan fingerprint density at radius 3 is 2.53 bits per heavy atom. The van der Waals surface area contributed by atoms with Crippen molar-refractivity contribution in [3.63, 3.8) is 0 Å². The number of hydrogen-bond acceptors (Lipinski definition) is 5. The number of aromatic nitrogens is 5. The molecule has 34 heavy (non-hydrogen) atoms. The molecular weight excluding hydrogens is 435 g/mol. The highest BCUT2D eigenvalue weighted by molar-refractivity contribution is 5.93. The van der Waals surface area contributed by atoms with E-state index in [1.54, 1.807) is 48.7 Å². The molecule has 9 heteroatoms. The highest BCUT2D eigenvalue weighted by Gasteiger charge is 2.15. The van der Waals surface area contributed by atoms with Gasteiger partial charge in [0.1, 0.15) is 11.5 Å².